The third kappa shape index (κ3) is 2.94. The molecule has 0 aliphatic carbocycles. The summed E-state index contributed by atoms with van der Waals surface area (Å²) in [7, 11) is 1.60. The third-order valence-electron chi connectivity index (χ3n) is 4.27. The number of hydrogen-bond acceptors (Lipinski definition) is 4. The van der Waals surface area contributed by atoms with E-state index in [1.807, 2.05) is 0 Å². The van der Waals surface area contributed by atoms with Crippen LogP contribution in [0, 0.1) is 11.9 Å². The molecule has 1 aromatic rings. The highest BCUT2D eigenvalue weighted by atomic mass is 19.1. The van der Waals surface area contributed by atoms with Crippen LogP contribution >= 0.6 is 0 Å². The molecular formula is C15H18FN3O3. The normalized spacial score (nSPS) is 26.8. The maximum absolute atomic E-state index is 13.1. The molecule has 0 bridgehead atoms. The van der Waals surface area contributed by atoms with E-state index in [4.69, 9.17) is 4.74 Å². The monoisotopic (exact) mass is 307 g/mol. The van der Waals surface area contributed by atoms with Gasteiger partial charge < -0.3 is 15.0 Å². The summed E-state index contributed by atoms with van der Waals surface area (Å²) in [5.41, 5.74) is 0.300. The van der Waals surface area contributed by atoms with Gasteiger partial charge in [-0.2, -0.15) is 4.39 Å². The first-order chi connectivity index (χ1) is 10.6. The van der Waals surface area contributed by atoms with Crippen LogP contribution in [0.3, 0.4) is 0 Å². The second-order valence-electron chi connectivity index (χ2n) is 5.75. The molecular weight excluding hydrogens is 289 g/mol. The lowest BCUT2D eigenvalue weighted by Crippen LogP contribution is -2.32. The number of ether oxygens (including phenoxy) is 1. The smallest absolute Gasteiger partial charge is 0.254 e. The molecule has 2 amide bonds. The molecule has 3 heterocycles. The molecule has 7 heteroatoms. The van der Waals surface area contributed by atoms with Gasteiger partial charge in [0.15, 0.2) is 0 Å². The number of amides is 2. The Kier molecular flexibility index (Phi) is 4.06. The Bertz CT molecular complexity index is 581. The third-order valence-corrected chi connectivity index (χ3v) is 4.27. The zero-order valence-electron chi connectivity index (χ0n) is 12.3. The van der Waals surface area contributed by atoms with Gasteiger partial charge in [-0.05, 0) is 12.5 Å². The quantitative estimate of drug-likeness (QED) is 0.830. The summed E-state index contributed by atoms with van der Waals surface area (Å²) < 4.78 is 19.0. The number of carbonyl (C=O) groups is 2. The standard InChI is InChI=1S/C15H18FN3O3/c1-17-14(20)6-11-4-10-7-19(8-12(10)22-11)15(21)9-2-3-18-13(16)5-9/h2-3,5,10-12H,4,6-8H2,1H3,(H,17,20)/t10-,11-,12+/m0/s1. The highest BCUT2D eigenvalue weighted by Gasteiger charge is 2.43. The van der Waals surface area contributed by atoms with Crippen LogP contribution in [0.2, 0.25) is 0 Å². The number of fused-ring (bicyclic) bond motifs is 1. The minimum absolute atomic E-state index is 0.0368. The van der Waals surface area contributed by atoms with Gasteiger partial charge in [0.05, 0.1) is 18.6 Å². The van der Waals surface area contributed by atoms with Gasteiger partial charge in [-0.3, -0.25) is 9.59 Å². The number of halogens is 1. The summed E-state index contributed by atoms with van der Waals surface area (Å²) in [6.07, 6.45) is 2.30. The lowest BCUT2D eigenvalue weighted by atomic mass is 10.0. The first kappa shape index (κ1) is 14.9. The van der Waals surface area contributed by atoms with Crippen LogP contribution in [0.5, 0.6) is 0 Å². The van der Waals surface area contributed by atoms with Gasteiger partial charge in [0.2, 0.25) is 11.9 Å². The van der Waals surface area contributed by atoms with Crippen molar-refractivity contribution >= 4 is 11.8 Å². The van der Waals surface area contributed by atoms with Gasteiger partial charge >= 0.3 is 0 Å². The van der Waals surface area contributed by atoms with Crippen molar-refractivity contribution in [1.82, 2.24) is 15.2 Å². The predicted octanol–water partition coefficient (Wildman–Crippen LogP) is 0.586. The molecule has 2 aliphatic heterocycles. The predicted molar refractivity (Wildman–Crippen MR) is 75.6 cm³/mol. The summed E-state index contributed by atoms with van der Waals surface area (Å²) in [5.74, 6) is -0.662. The van der Waals surface area contributed by atoms with Gasteiger partial charge in [-0.1, -0.05) is 0 Å². The Hall–Kier alpha value is -2.02. The van der Waals surface area contributed by atoms with Crippen molar-refractivity contribution in [3.63, 3.8) is 0 Å². The molecule has 2 fully saturated rings. The van der Waals surface area contributed by atoms with E-state index < -0.39 is 5.95 Å². The average Bonchev–Trinajstić information content (AvgIpc) is 3.04. The minimum Gasteiger partial charge on any atom is -0.372 e. The zero-order chi connectivity index (χ0) is 15.7. The Morgan fingerprint density at radius 1 is 1.50 bits per heavy atom. The zero-order valence-corrected chi connectivity index (χ0v) is 12.3. The minimum atomic E-state index is -0.660. The molecule has 118 valence electrons. The number of pyridine rings is 1. The second-order valence-corrected chi connectivity index (χ2v) is 5.75. The molecule has 1 N–H and O–H groups in total. The molecule has 6 nitrogen and oxygen atoms in total. The van der Waals surface area contributed by atoms with Gasteiger partial charge in [-0.15, -0.1) is 0 Å². The molecule has 1 aromatic heterocycles. The fraction of sp³-hybridized carbons (Fsp3) is 0.533. The molecule has 3 rings (SSSR count). The van der Waals surface area contributed by atoms with Crippen LogP contribution in [-0.2, 0) is 9.53 Å². The van der Waals surface area contributed by atoms with Gasteiger partial charge in [0, 0.05) is 43.9 Å². The summed E-state index contributed by atoms with van der Waals surface area (Å²) in [6, 6.07) is 2.65. The largest absolute Gasteiger partial charge is 0.372 e. The molecule has 2 saturated heterocycles. The fourth-order valence-electron chi connectivity index (χ4n) is 3.19. The first-order valence-electron chi connectivity index (χ1n) is 7.33. The molecule has 3 atom stereocenters. The molecule has 2 aliphatic rings. The first-order valence-corrected chi connectivity index (χ1v) is 7.33. The van der Waals surface area contributed by atoms with Gasteiger partial charge in [0.1, 0.15) is 0 Å². The van der Waals surface area contributed by atoms with E-state index in [0.29, 0.717) is 25.1 Å². The Balaban J connectivity index is 1.59. The number of likely N-dealkylation sites (tertiary alicyclic amines) is 1. The van der Waals surface area contributed by atoms with E-state index in [-0.39, 0.29) is 29.9 Å². The van der Waals surface area contributed by atoms with E-state index in [2.05, 4.69) is 10.3 Å². The summed E-state index contributed by atoms with van der Waals surface area (Å²) in [5, 5.41) is 2.59. The molecule has 22 heavy (non-hydrogen) atoms. The molecule has 0 aromatic carbocycles. The maximum Gasteiger partial charge on any atom is 0.254 e. The topological polar surface area (TPSA) is 71.5 Å². The number of rotatable bonds is 3. The van der Waals surface area contributed by atoms with Crippen LogP contribution in [0.1, 0.15) is 23.2 Å². The van der Waals surface area contributed by atoms with Crippen LogP contribution in [0.15, 0.2) is 18.3 Å². The van der Waals surface area contributed by atoms with Crippen LogP contribution in [0.25, 0.3) is 0 Å². The highest BCUT2D eigenvalue weighted by molar-refractivity contribution is 5.94. The lowest BCUT2D eigenvalue weighted by Gasteiger charge is -2.19. The second kappa shape index (κ2) is 6.00. The number of aromatic nitrogens is 1. The Labute approximate surface area is 127 Å². The number of nitrogens with one attached hydrogen (secondary N) is 1. The van der Waals surface area contributed by atoms with Gasteiger partial charge in [-0.25, -0.2) is 4.98 Å². The Morgan fingerprint density at radius 3 is 3.00 bits per heavy atom. The SMILES string of the molecule is CNC(=O)C[C@@H]1C[C@H]2CN(C(=O)c3ccnc(F)c3)C[C@H]2O1. The van der Waals surface area contributed by atoms with E-state index in [0.717, 1.165) is 12.5 Å². The van der Waals surface area contributed by atoms with Crippen LogP contribution < -0.4 is 5.32 Å². The number of nitrogens with zero attached hydrogens (tertiary/aromatic N) is 2. The van der Waals surface area contributed by atoms with Crippen molar-refractivity contribution in [3.05, 3.63) is 29.8 Å². The Morgan fingerprint density at radius 2 is 2.32 bits per heavy atom. The summed E-state index contributed by atoms with van der Waals surface area (Å²) in [4.78, 5) is 28.9. The van der Waals surface area contributed by atoms with Gasteiger partial charge in [0.25, 0.3) is 5.91 Å². The number of hydrogen-bond donors (Lipinski definition) is 1. The molecule has 0 spiro atoms. The molecule has 0 unspecified atom stereocenters. The number of carbonyl (C=O) groups excluding carboxylic acids is 2. The van der Waals surface area contributed by atoms with E-state index in [1.54, 1.807) is 11.9 Å². The fourth-order valence-corrected chi connectivity index (χ4v) is 3.19. The van der Waals surface area contributed by atoms with Crippen LogP contribution in [0.4, 0.5) is 4.39 Å². The van der Waals surface area contributed by atoms with Crippen molar-refractivity contribution in [2.45, 2.75) is 25.0 Å². The summed E-state index contributed by atoms with van der Waals surface area (Å²) >= 11 is 0. The van der Waals surface area contributed by atoms with Crippen LogP contribution in [-0.4, -0.2) is 54.0 Å². The highest BCUT2D eigenvalue weighted by Crippen LogP contribution is 2.34. The van der Waals surface area contributed by atoms with Crippen molar-refractivity contribution < 1.29 is 18.7 Å². The molecule has 0 radical (unpaired) electrons. The van der Waals surface area contributed by atoms with E-state index in [9.17, 15) is 14.0 Å². The van der Waals surface area contributed by atoms with E-state index in [1.165, 1.54) is 12.3 Å². The van der Waals surface area contributed by atoms with Crippen molar-refractivity contribution in [2.75, 3.05) is 20.1 Å². The van der Waals surface area contributed by atoms with Crippen molar-refractivity contribution in [1.29, 1.82) is 0 Å². The lowest BCUT2D eigenvalue weighted by molar-refractivity contribution is -0.123. The van der Waals surface area contributed by atoms with Crippen molar-refractivity contribution in [3.8, 4) is 0 Å². The average molecular weight is 307 g/mol. The molecule has 0 saturated carbocycles. The summed E-state index contributed by atoms with van der Waals surface area (Å²) in [6.45, 7) is 1.06. The maximum atomic E-state index is 13.1. The van der Waals surface area contributed by atoms with E-state index >= 15 is 0 Å². The van der Waals surface area contributed by atoms with Crippen molar-refractivity contribution in [2.24, 2.45) is 5.92 Å².